The van der Waals surface area contributed by atoms with Crippen molar-refractivity contribution in [2.75, 3.05) is 23.8 Å². The van der Waals surface area contributed by atoms with Crippen LogP contribution in [0.4, 0.5) is 43.8 Å². The van der Waals surface area contributed by atoms with Crippen molar-refractivity contribution in [3.05, 3.63) is 35.7 Å². The second kappa shape index (κ2) is 7.97. The number of hydrogen-bond acceptors (Lipinski definition) is 6. The van der Waals surface area contributed by atoms with E-state index in [9.17, 15) is 26.3 Å². The first kappa shape index (κ1) is 21.6. The minimum Gasteiger partial charge on any atom is -0.395 e. The number of imidazole rings is 1. The molecule has 0 atom stereocenters. The van der Waals surface area contributed by atoms with Crippen LogP contribution in [0.5, 0.6) is 0 Å². The van der Waals surface area contributed by atoms with Gasteiger partial charge in [-0.05, 0) is 25.1 Å². The van der Waals surface area contributed by atoms with Crippen LogP contribution in [0.25, 0.3) is 11.2 Å². The summed E-state index contributed by atoms with van der Waals surface area (Å²) in [5, 5.41) is 14.2. The monoisotopic (exact) mass is 434 g/mol. The Balaban J connectivity index is 2.12. The van der Waals surface area contributed by atoms with Crippen LogP contribution in [0.3, 0.4) is 0 Å². The summed E-state index contributed by atoms with van der Waals surface area (Å²) < 4.78 is 80.3. The van der Waals surface area contributed by atoms with Crippen molar-refractivity contribution >= 4 is 28.6 Å². The molecule has 3 aromatic rings. The van der Waals surface area contributed by atoms with Gasteiger partial charge in [-0.15, -0.1) is 0 Å². The molecule has 13 heteroatoms. The number of alkyl halides is 6. The lowest BCUT2D eigenvalue weighted by atomic mass is 10.1. The maximum atomic E-state index is 13.1. The summed E-state index contributed by atoms with van der Waals surface area (Å²) >= 11 is 0. The van der Waals surface area contributed by atoms with E-state index < -0.39 is 29.2 Å². The molecule has 0 unspecified atom stereocenters. The van der Waals surface area contributed by atoms with Crippen LogP contribution >= 0.6 is 0 Å². The van der Waals surface area contributed by atoms with E-state index in [1.54, 1.807) is 11.5 Å². The molecule has 0 aliphatic heterocycles. The summed E-state index contributed by atoms with van der Waals surface area (Å²) in [6.07, 6.45) is -8.53. The molecule has 2 aromatic heterocycles. The van der Waals surface area contributed by atoms with Gasteiger partial charge in [-0.3, -0.25) is 0 Å². The summed E-state index contributed by atoms with van der Waals surface area (Å²) in [6, 6.07) is 1.16. The van der Waals surface area contributed by atoms with Gasteiger partial charge >= 0.3 is 12.4 Å². The maximum Gasteiger partial charge on any atom is 0.416 e. The SMILES string of the molecule is CCn1cnc2c(Nc3cc(C(F)(F)F)cc(C(F)(F)F)c3)nc(NCCO)nc21. The molecular formula is C17H16F6N6O. The highest BCUT2D eigenvalue weighted by atomic mass is 19.4. The summed E-state index contributed by atoms with van der Waals surface area (Å²) in [7, 11) is 0. The largest absolute Gasteiger partial charge is 0.416 e. The Morgan fingerprint density at radius 2 is 1.63 bits per heavy atom. The molecule has 0 radical (unpaired) electrons. The minimum absolute atomic E-state index is 0.0253. The molecule has 0 amide bonds. The Morgan fingerprint density at radius 3 is 2.17 bits per heavy atom. The van der Waals surface area contributed by atoms with Gasteiger partial charge in [0.25, 0.3) is 0 Å². The molecule has 0 saturated carbocycles. The third-order valence-electron chi connectivity index (χ3n) is 4.05. The molecular weight excluding hydrogens is 418 g/mol. The molecule has 3 rings (SSSR count). The third kappa shape index (κ3) is 4.56. The van der Waals surface area contributed by atoms with Crippen molar-refractivity contribution in [2.24, 2.45) is 0 Å². The zero-order valence-corrected chi connectivity index (χ0v) is 15.4. The fourth-order valence-corrected chi connectivity index (χ4v) is 2.67. The molecule has 0 aliphatic rings. The number of nitrogens with zero attached hydrogens (tertiary/aromatic N) is 4. The van der Waals surface area contributed by atoms with Crippen LogP contribution in [0.2, 0.25) is 0 Å². The highest BCUT2D eigenvalue weighted by Gasteiger charge is 2.37. The van der Waals surface area contributed by atoms with Gasteiger partial charge in [0.2, 0.25) is 5.95 Å². The number of benzene rings is 1. The van der Waals surface area contributed by atoms with E-state index in [0.29, 0.717) is 24.3 Å². The molecule has 0 aliphatic carbocycles. The molecule has 162 valence electrons. The number of anilines is 3. The minimum atomic E-state index is -4.98. The number of rotatable bonds is 6. The first-order valence-electron chi connectivity index (χ1n) is 8.67. The van der Waals surface area contributed by atoms with Crippen LogP contribution in [-0.4, -0.2) is 37.8 Å². The molecule has 0 saturated heterocycles. The first-order valence-corrected chi connectivity index (χ1v) is 8.67. The van der Waals surface area contributed by atoms with Gasteiger partial charge in [-0.25, -0.2) is 4.98 Å². The predicted molar refractivity (Wildman–Crippen MR) is 96.3 cm³/mol. The smallest absolute Gasteiger partial charge is 0.395 e. The number of halogens is 6. The van der Waals surface area contributed by atoms with Crippen molar-refractivity contribution in [3.8, 4) is 0 Å². The number of aryl methyl sites for hydroxylation is 1. The Hall–Kier alpha value is -3.09. The number of aliphatic hydroxyl groups excluding tert-OH is 1. The molecule has 30 heavy (non-hydrogen) atoms. The summed E-state index contributed by atoms with van der Waals surface area (Å²) in [5.74, 6) is -0.0580. The highest BCUT2D eigenvalue weighted by Crippen LogP contribution is 2.38. The van der Waals surface area contributed by atoms with Crippen LogP contribution in [0.15, 0.2) is 24.5 Å². The molecule has 7 nitrogen and oxygen atoms in total. The number of hydrogen-bond donors (Lipinski definition) is 3. The second-order valence-corrected chi connectivity index (χ2v) is 6.17. The average Bonchev–Trinajstić information content (AvgIpc) is 3.08. The molecule has 0 spiro atoms. The standard InChI is InChI=1S/C17H16F6N6O/c1-2-29-8-25-12-13(27-15(24-3-4-30)28-14(12)29)26-11-6-9(16(18,19)20)5-10(7-11)17(21,22)23/h5-8,30H,2-4H2,1H3,(H2,24,26,27,28). The molecule has 3 N–H and O–H groups in total. The van der Waals surface area contributed by atoms with Gasteiger partial charge in [0, 0.05) is 18.8 Å². The molecule has 2 heterocycles. The van der Waals surface area contributed by atoms with Gasteiger partial charge in [0.1, 0.15) is 0 Å². The summed E-state index contributed by atoms with van der Waals surface area (Å²) in [6.45, 7) is 2.13. The van der Waals surface area contributed by atoms with Crippen molar-refractivity contribution in [1.29, 1.82) is 0 Å². The van der Waals surface area contributed by atoms with Crippen LogP contribution in [-0.2, 0) is 18.9 Å². The fraction of sp³-hybridized carbons (Fsp3) is 0.353. The Labute approximate surface area is 165 Å². The van der Waals surface area contributed by atoms with Crippen molar-refractivity contribution in [2.45, 2.75) is 25.8 Å². The van der Waals surface area contributed by atoms with E-state index >= 15 is 0 Å². The maximum absolute atomic E-state index is 13.1. The Morgan fingerprint density at radius 1 is 1.00 bits per heavy atom. The van der Waals surface area contributed by atoms with Crippen molar-refractivity contribution in [1.82, 2.24) is 19.5 Å². The quantitative estimate of drug-likeness (QED) is 0.508. The van der Waals surface area contributed by atoms with Crippen molar-refractivity contribution < 1.29 is 31.4 Å². The number of fused-ring (bicyclic) bond motifs is 1. The van der Waals surface area contributed by atoms with E-state index in [1.165, 1.54) is 6.33 Å². The Kier molecular flexibility index (Phi) is 5.74. The third-order valence-corrected chi connectivity index (χ3v) is 4.05. The van der Waals surface area contributed by atoms with E-state index in [0.717, 1.165) is 0 Å². The first-order chi connectivity index (χ1) is 14.0. The molecule has 1 aromatic carbocycles. The van der Waals surface area contributed by atoms with Gasteiger partial charge in [-0.2, -0.15) is 36.3 Å². The zero-order valence-electron chi connectivity index (χ0n) is 15.4. The van der Waals surface area contributed by atoms with Gasteiger partial charge in [-0.1, -0.05) is 0 Å². The van der Waals surface area contributed by atoms with Crippen LogP contribution in [0.1, 0.15) is 18.1 Å². The van der Waals surface area contributed by atoms with E-state index in [2.05, 4.69) is 25.6 Å². The fourth-order valence-electron chi connectivity index (χ4n) is 2.67. The number of nitrogens with one attached hydrogen (secondary N) is 2. The average molecular weight is 434 g/mol. The van der Waals surface area contributed by atoms with E-state index in [4.69, 9.17) is 5.11 Å². The molecule has 0 bridgehead atoms. The lowest BCUT2D eigenvalue weighted by Crippen LogP contribution is -2.13. The van der Waals surface area contributed by atoms with E-state index in [1.807, 2.05) is 0 Å². The summed E-state index contributed by atoms with van der Waals surface area (Å²) in [5.41, 5.74) is -2.89. The lowest BCUT2D eigenvalue weighted by Gasteiger charge is -2.15. The topological polar surface area (TPSA) is 87.9 Å². The lowest BCUT2D eigenvalue weighted by molar-refractivity contribution is -0.143. The second-order valence-electron chi connectivity index (χ2n) is 6.17. The van der Waals surface area contributed by atoms with Gasteiger partial charge in [0.15, 0.2) is 17.0 Å². The van der Waals surface area contributed by atoms with Crippen molar-refractivity contribution in [3.63, 3.8) is 0 Å². The number of aliphatic hydroxyl groups is 1. The van der Waals surface area contributed by atoms with Gasteiger partial charge < -0.3 is 20.3 Å². The zero-order chi connectivity index (χ0) is 22.1. The van der Waals surface area contributed by atoms with E-state index in [-0.39, 0.29) is 36.5 Å². The predicted octanol–water partition coefficient (Wildman–Crippen LogP) is 4.03. The van der Waals surface area contributed by atoms with Crippen LogP contribution < -0.4 is 10.6 Å². The summed E-state index contributed by atoms with van der Waals surface area (Å²) in [4.78, 5) is 12.4. The number of aromatic nitrogens is 4. The van der Waals surface area contributed by atoms with Gasteiger partial charge in [0.05, 0.1) is 24.1 Å². The normalized spacial score (nSPS) is 12.4. The van der Waals surface area contributed by atoms with Crippen LogP contribution in [0, 0.1) is 0 Å². The highest BCUT2D eigenvalue weighted by molar-refractivity contribution is 5.86. The molecule has 0 fully saturated rings. The Bertz CT molecular complexity index is 1010.